The first kappa shape index (κ1) is 17.5. The van der Waals surface area contributed by atoms with Crippen LogP contribution in [0.2, 0.25) is 0 Å². The molecule has 0 aliphatic carbocycles. The molecular weight excluding hydrogens is 340 g/mol. The first-order valence-electron chi connectivity index (χ1n) is 8.04. The summed E-state index contributed by atoms with van der Waals surface area (Å²) in [5.74, 6) is -0.976. The largest absolute Gasteiger partial charge is 0.497 e. The minimum absolute atomic E-state index is 0.0164. The van der Waals surface area contributed by atoms with E-state index >= 15 is 0 Å². The molecule has 0 spiro atoms. The second-order valence-corrected chi connectivity index (χ2v) is 5.82. The number of carbonyl (C=O) groups excluding carboxylic acids is 2. The van der Waals surface area contributed by atoms with Crippen molar-refractivity contribution in [1.82, 2.24) is 9.80 Å². The average Bonchev–Trinajstić information content (AvgIpc) is 3.17. The molecule has 2 amide bonds. The first-order chi connectivity index (χ1) is 12.5. The van der Waals surface area contributed by atoms with Crippen molar-refractivity contribution in [2.75, 3.05) is 33.3 Å². The van der Waals surface area contributed by atoms with Crippen molar-refractivity contribution >= 4 is 17.8 Å². The van der Waals surface area contributed by atoms with E-state index in [1.165, 1.54) is 6.07 Å². The maximum absolute atomic E-state index is 12.5. The minimum Gasteiger partial charge on any atom is -0.497 e. The Morgan fingerprint density at radius 1 is 0.962 bits per heavy atom. The van der Waals surface area contributed by atoms with Crippen LogP contribution in [0.25, 0.3) is 0 Å². The zero-order valence-electron chi connectivity index (χ0n) is 14.2. The van der Waals surface area contributed by atoms with E-state index in [1.54, 1.807) is 41.2 Å². The number of hydrogen-bond donors (Lipinski definition) is 1. The summed E-state index contributed by atoms with van der Waals surface area (Å²) in [7, 11) is 1.56. The Labute approximate surface area is 149 Å². The molecule has 136 valence electrons. The van der Waals surface area contributed by atoms with Crippen LogP contribution in [0.5, 0.6) is 5.75 Å². The number of carboxylic acids is 1. The lowest BCUT2D eigenvalue weighted by molar-refractivity contribution is 0.0518. The molecule has 26 heavy (non-hydrogen) atoms. The summed E-state index contributed by atoms with van der Waals surface area (Å²) >= 11 is 0. The third-order valence-electron chi connectivity index (χ3n) is 4.25. The van der Waals surface area contributed by atoms with Gasteiger partial charge in [0.15, 0.2) is 5.76 Å². The van der Waals surface area contributed by atoms with Crippen molar-refractivity contribution < 1.29 is 28.6 Å². The maximum Gasteiger partial charge on any atom is 0.338 e. The van der Waals surface area contributed by atoms with Crippen molar-refractivity contribution in [3.05, 3.63) is 53.5 Å². The Morgan fingerprint density at radius 2 is 1.54 bits per heavy atom. The molecule has 2 aromatic rings. The lowest BCUT2D eigenvalue weighted by Crippen LogP contribution is -2.50. The first-order valence-corrected chi connectivity index (χ1v) is 8.04. The summed E-state index contributed by atoms with van der Waals surface area (Å²) in [5, 5.41) is 8.89. The number of aromatic carboxylic acids is 1. The van der Waals surface area contributed by atoms with Crippen LogP contribution in [0, 0.1) is 0 Å². The standard InChI is InChI=1S/C18H18N2O6/c1-25-14-4-2-12(3-5-14)16(21)19-6-8-20(9-7-19)17(22)15-10-13(11-26-15)18(23)24/h2-5,10-11H,6-9H2,1H3,(H,23,24). The Morgan fingerprint density at radius 3 is 2.04 bits per heavy atom. The number of rotatable bonds is 4. The third-order valence-corrected chi connectivity index (χ3v) is 4.25. The Balaban J connectivity index is 1.60. The highest BCUT2D eigenvalue weighted by molar-refractivity contribution is 5.96. The van der Waals surface area contributed by atoms with Gasteiger partial charge in [0, 0.05) is 37.8 Å². The van der Waals surface area contributed by atoms with Gasteiger partial charge in [-0.15, -0.1) is 0 Å². The Kier molecular flexibility index (Phi) is 4.92. The van der Waals surface area contributed by atoms with Crippen molar-refractivity contribution in [3.63, 3.8) is 0 Å². The summed E-state index contributed by atoms with van der Waals surface area (Å²) < 4.78 is 10.1. The summed E-state index contributed by atoms with van der Waals surface area (Å²) in [6.45, 7) is 1.49. The van der Waals surface area contributed by atoms with Crippen LogP contribution in [0.15, 0.2) is 41.0 Å². The van der Waals surface area contributed by atoms with E-state index < -0.39 is 5.97 Å². The predicted octanol–water partition coefficient (Wildman–Crippen LogP) is 1.58. The highest BCUT2D eigenvalue weighted by Crippen LogP contribution is 2.16. The Hall–Kier alpha value is -3.29. The van der Waals surface area contributed by atoms with E-state index in [1.807, 2.05) is 0 Å². The lowest BCUT2D eigenvalue weighted by atomic mass is 10.1. The second kappa shape index (κ2) is 7.30. The molecule has 3 rings (SSSR count). The van der Waals surface area contributed by atoms with Gasteiger partial charge in [0.25, 0.3) is 11.8 Å². The Bertz CT molecular complexity index is 818. The SMILES string of the molecule is COc1ccc(C(=O)N2CCN(C(=O)c3cc(C(=O)O)co3)CC2)cc1. The molecule has 0 bridgehead atoms. The molecule has 1 aromatic heterocycles. The van der Waals surface area contributed by atoms with Crippen LogP contribution in [0.1, 0.15) is 31.3 Å². The fourth-order valence-corrected chi connectivity index (χ4v) is 2.75. The highest BCUT2D eigenvalue weighted by atomic mass is 16.5. The number of methoxy groups -OCH3 is 1. The second-order valence-electron chi connectivity index (χ2n) is 5.82. The predicted molar refractivity (Wildman–Crippen MR) is 90.5 cm³/mol. The van der Waals surface area contributed by atoms with Gasteiger partial charge in [-0.1, -0.05) is 0 Å². The van der Waals surface area contributed by atoms with Gasteiger partial charge in [-0.3, -0.25) is 9.59 Å². The molecule has 1 saturated heterocycles. The smallest absolute Gasteiger partial charge is 0.338 e. The quantitative estimate of drug-likeness (QED) is 0.891. The zero-order chi connectivity index (χ0) is 18.7. The molecule has 0 saturated carbocycles. The third kappa shape index (κ3) is 3.53. The number of carboxylic acid groups (broad SMARTS) is 1. The number of furan rings is 1. The molecule has 0 unspecified atom stereocenters. The number of ether oxygens (including phenoxy) is 1. The number of carbonyl (C=O) groups is 3. The molecule has 1 N–H and O–H groups in total. The maximum atomic E-state index is 12.5. The van der Waals surface area contributed by atoms with Crippen LogP contribution < -0.4 is 4.74 Å². The van der Waals surface area contributed by atoms with E-state index in [0.717, 1.165) is 6.26 Å². The average molecular weight is 358 g/mol. The fraction of sp³-hybridized carbons (Fsp3) is 0.278. The fourth-order valence-electron chi connectivity index (χ4n) is 2.75. The van der Waals surface area contributed by atoms with E-state index in [2.05, 4.69) is 0 Å². The monoisotopic (exact) mass is 358 g/mol. The van der Waals surface area contributed by atoms with E-state index in [9.17, 15) is 14.4 Å². The van der Waals surface area contributed by atoms with Crippen LogP contribution in [0.3, 0.4) is 0 Å². The number of hydrogen-bond acceptors (Lipinski definition) is 5. The molecular formula is C18H18N2O6. The molecule has 1 aliphatic heterocycles. The van der Waals surface area contributed by atoms with Gasteiger partial charge >= 0.3 is 5.97 Å². The zero-order valence-corrected chi connectivity index (χ0v) is 14.2. The lowest BCUT2D eigenvalue weighted by Gasteiger charge is -2.34. The number of benzene rings is 1. The van der Waals surface area contributed by atoms with Crippen molar-refractivity contribution in [2.24, 2.45) is 0 Å². The van der Waals surface area contributed by atoms with Crippen molar-refractivity contribution in [3.8, 4) is 5.75 Å². The van der Waals surface area contributed by atoms with Crippen LogP contribution in [-0.4, -0.2) is 66.0 Å². The van der Waals surface area contributed by atoms with Gasteiger partial charge in [0.05, 0.1) is 12.7 Å². The van der Waals surface area contributed by atoms with Gasteiger partial charge in [-0.05, 0) is 24.3 Å². The van der Waals surface area contributed by atoms with E-state index in [-0.39, 0.29) is 23.1 Å². The molecule has 8 nitrogen and oxygen atoms in total. The van der Waals surface area contributed by atoms with E-state index in [4.69, 9.17) is 14.3 Å². The van der Waals surface area contributed by atoms with Crippen LogP contribution >= 0.6 is 0 Å². The van der Waals surface area contributed by atoms with Gasteiger partial charge in [-0.25, -0.2) is 4.79 Å². The summed E-state index contributed by atoms with van der Waals surface area (Å²) in [6, 6.07) is 8.07. The number of amides is 2. The topological polar surface area (TPSA) is 100 Å². The van der Waals surface area contributed by atoms with Crippen molar-refractivity contribution in [1.29, 1.82) is 0 Å². The molecule has 2 heterocycles. The summed E-state index contributed by atoms with van der Waals surface area (Å²) in [4.78, 5) is 39.0. The normalized spacial score (nSPS) is 14.2. The minimum atomic E-state index is -1.15. The van der Waals surface area contributed by atoms with Gasteiger partial charge in [0.1, 0.15) is 12.0 Å². The molecule has 1 aliphatic rings. The van der Waals surface area contributed by atoms with Crippen LogP contribution in [-0.2, 0) is 0 Å². The van der Waals surface area contributed by atoms with Gasteiger partial charge in [-0.2, -0.15) is 0 Å². The number of nitrogens with zero attached hydrogens (tertiary/aromatic N) is 2. The molecule has 0 radical (unpaired) electrons. The number of piperazine rings is 1. The molecule has 0 atom stereocenters. The van der Waals surface area contributed by atoms with Crippen molar-refractivity contribution in [2.45, 2.75) is 0 Å². The van der Waals surface area contributed by atoms with Gasteiger partial charge < -0.3 is 24.1 Å². The molecule has 1 aromatic carbocycles. The van der Waals surface area contributed by atoms with Crippen LogP contribution in [0.4, 0.5) is 0 Å². The summed E-state index contributed by atoms with van der Waals surface area (Å²) in [6.07, 6.45) is 1.04. The highest BCUT2D eigenvalue weighted by Gasteiger charge is 2.27. The summed E-state index contributed by atoms with van der Waals surface area (Å²) in [5.41, 5.74) is 0.490. The van der Waals surface area contributed by atoms with E-state index in [0.29, 0.717) is 37.5 Å². The molecule has 8 heteroatoms. The molecule has 1 fully saturated rings. The van der Waals surface area contributed by atoms with Gasteiger partial charge in [0.2, 0.25) is 0 Å².